The Morgan fingerprint density at radius 3 is 2.87 bits per heavy atom. The second-order valence-corrected chi connectivity index (χ2v) is 7.06. The predicted octanol–water partition coefficient (Wildman–Crippen LogP) is 3.08. The van der Waals surface area contributed by atoms with Crippen molar-refractivity contribution in [2.75, 3.05) is 12.8 Å². The highest BCUT2D eigenvalue weighted by molar-refractivity contribution is 6.31. The molecule has 0 amide bonds. The van der Waals surface area contributed by atoms with E-state index in [1.165, 1.54) is 25.4 Å². The molecule has 4 rings (SSSR count). The number of hydrogen-bond acceptors (Lipinski definition) is 7. The number of aromatic nitrogens is 3. The first kappa shape index (κ1) is 20.1. The maximum atomic E-state index is 14.1. The number of nitrogen functional groups attached to an aromatic ring is 1. The summed E-state index contributed by atoms with van der Waals surface area (Å²) in [4.78, 5) is 12.7. The van der Waals surface area contributed by atoms with Crippen molar-refractivity contribution in [1.82, 2.24) is 14.5 Å². The largest absolute Gasteiger partial charge is 0.482 e. The SMILES string of the molecule is CN=C(C#N)C1=C(N)Cn2ccnc2-c2ccc(F)cc2C(C)Oc2cc1cnc2N. The third-order valence-electron chi connectivity index (χ3n) is 5.11. The number of fused-ring (bicyclic) bond motifs is 5. The van der Waals surface area contributed by atoms with Gasteiger partial charge in [-0.05, 0) is 31.2 Å². The highest BCUT2D eigenvalue weighted by Crippen LogP contribution is 2.35. The average Bonchev–Trinajstić information content (AvgIpc) is 3.20. The first-order valence-electron chi connectivity index (χ1n) is 9.52. The van der Waals surface area contributed by atoms with Crippen molar-refractivity contribution in [3.8, 4) is 23.2 Å². The Labute approximate surface area is 178 Å². The number of anilines is 1. The van der Waals surface area contributed by atoms with Crippen LogP contribution in [0.15, 0.2) is 53.5 Å². The molecule has 0 spiro atoms. The molecule has 3 aromatic rings. The lowest BCUT2D eigenvalue weighted by Gasteiger charge is -2.22. The van der Waals surface area contributed by atoms with Crippen LogP contribution in [0.25, 0.3) is 17.0 Å². The van der Waals surface area contributed by atoms with Crippen LogP contribution in [0.3, 0.4) is 0 Å². The van der Waals surface area contributed by atoms with E-state index in [0.717, 1.165) is 0 Å². The van der Waals surface area contributed by atoms with E-state index in [2.05, 4.69) is 21.0 Å². The van der Waals surface area contributed by atoms with Crippen LogP contribution in [-0.4, -0.2) is 27.3 Å². The zero-order valence-corrected chi connectivity index (χ0v) is 17.0. The molecule has 2 bridgehead atoms. The number of ether oxygens (including phenoxy) is 1. The fourth-order valence-corrected chi connectivity index (χ4v) is 3.65. The zero-order valence-electron chi connectivity index (χ0n) is 17.0. The fourth-order valence-electron chi connectivity index (χ4n) is 3.65. The molecule has 31 heavy (non-hydrogen) atoms. The van der Waals surface area contributed by atoms with Crippen LogP contribution in [0, 0.1) is 17.1 Å². The van der Waals surface area contributed by atoms with Crippen LogP contribution in [0.5, 0.6) is 5.75 Å². The summed E-state index contributed by atoms with van der Waals surface area (Å²) in [5, 5.41) is 9.62. The highest BCUT2D eigenvalue weighted by atomic mass is 19.1. The van der Waals surface area contributed by atoms with Gasteiger partial charge in [-0.3, -0.25) is 4.99 Å². The molecule has 1 aromatic carbocycles. The quantitative estimate of drug-likeness (QED) is 0.586. The molecular formula is C22H20FN7O. The monoisotopic (exact) mass is 417 g/mol. The Hall–Kier alpha value is -4.19. The first-order valence-corrected chi connectivity index (χ1v) is 9.52. The molecule has 9 heteroatoms. The summed E-state index contributed by atoms with van der Waals surface area (Å²) < 4.78 is 22.0. The van der Waals surface area contributed by atoms with Gasteiger partial charge in [-0.2, -0.15) is 5.26 Å². The molecule has 0 saturated carbocycles. The number of nitriles is 1. The van der Waals surface area contributed by atoms with E-state index in [9.17, 15) is 9.65 Å². The van der Waals surface area contributed by atoms with Crippen molar-refractivity contribution >= 4 is 17.1 Å². The van der Waals surface area contributed by atoms with E-state index in [0.29, 0.717) is 39.5 Å². The summed E-state index contributed by atoms with van der Waals surface area (Å²) >= 11 is 0. The molecule has 4 N–H and O–H groups in total. The molecule has 1 aliphatic heterocycles. The minimum atomic E-state index is -0.560. The Morgan fingerprint density at radius 2 is 2.13 bits per heavy atom. The maximum absolute atomic E-state index is 14.1. The molecule has 8 nitrogen and oxygen atoms in total. The fraction of sp³-hybridized carbons (Fsp3) is 0.182. The number of nitrogens with zero attached hydrogens (tertiary/aromatic N) is 5. The predicted molar refractivity (Wildman–Crippen MR) is 115 cm³/mol. The van der Waals surface area contributed by atoms with Gasteiger partial charge in [0.1, 0.15) is 29.5 Å². The summed E-state index contributed by atoms with van der Waals surface area (Å²) in [7, 11) is 1.52. The van der Waals surface area contributed by atoms with Gasteiger partial charge in [0, 0.05) is 53.6 Å². The third kappa shape index (κ3) is 3.59. The van der Waals surface area contributed by atoms with E-state index in [-0.39, 0.29) is 18.1 Å². The van der Waals surface area contributed by atoms with Crippen molar-refractivity contribution < 1.29 is 9.13 Å². The second-order valence-electron chi connectivity index (χ2n) is 7.06. The minimum absolute atomic E-state index is 0.157. The van der Waals surface area contributed by atoms with Crippen LogP contribution < -0.4 is 16.2 Å². The van der Waals surface area contributed by atoms with Crippen molar-refractivity contribution in [3.05, 3.63) is 65.5 Å². The number of hydrogen-bond donors (Lipinski definition) is 2. The van der Waals surface area contributed by atoms with Crippen molar-refractivity contribution in [3.63, 3.8) is 0 Å². The number of pyridine rings is 1. The molecule has 0 aliphatic carbocycles. The van der Waals surface area contributed by atoms with Crippen LogP contribution in [0.1, 0.15) is 24.2 Å². The van der Waals surface area contributed by atoms with Crippen LogP contribution in [-0.2, 0) is 6.54 Å². The minimum Gasteiger partial charge on any atom is -0.482 e. The molecule has 3 heterocycles. The summed E-state index contributed by atoms with van der Waals surface area (Å²) in [6.45, 7) is 2.03. The topological polar surface area (TPSA) is 128 Å². The van der Waals surface area contributed by atoms with Gasteiger partial charge in [-0.25, -0.2) is 14.4 Å². The van der Waals surface area contributed by atoms with Crippen LogP contribution in [0.4, 0.5) is 10.2 Å². The summed E-state index contributed by atoms with van der Waals surface area (Å²) in [5.41, 5.74) is 15.3. The molecule has 1 unspecified atom stereocenters. The first-order chi connectivity index (χ1) is 14.9. The molecule has 156 valence electrons. The van der Waals surface area contributed by atoms with Gasteiger partial charge >= 0.3 is 0 Å². The van der Waals surface area contributed by atoms with Gasteiger partial charge in [0.05, 0.1) is 6.54 Å². The van der Waals surface area contributed by atoms with E-state index >= 15 is 0 Å². The number of halogens is 1. The van der Waals surface area contributed by atoms with Crippen molar-refractivity contribution in [2.24, 2.45) is 10.7 Å². The molecule has 0 fully saturated rings. The number of benzene rings is 1. The van der Waals surface area contributed by atoms with Gasteiger partial charge in [-0.15, -0.1) is 0 Å². The Balaban J connectivity index is 2.03. The smallest absolute Gasteiger partial charge is 0.166 e. The molecule has 2 aromatic heterocycles. The van der Waals surface area contributed by atoms with E-state index in [1.54, 1.807) is 31.5 Å². The summed E-state index contributed by atoms with van der Waals surface area (Å²) in [6, 6.07) is 8.19. The molecule has 1 aliphatic rings. The molecular weight excluding hydrogens is 397 g/mol. The van der Waals surface area contributed by atoms with Crippen LogP contribution >= 0.6 is 0 Å². The Kier molecular flexibility index (Phi) is 5.13. The zero-order chi connectivity index (χ0) is 22.1. The van der Waals surface area contributed by atoms with Crippen molar-refractivity contribution in [1.29, 1.82) is 5.26 Å². The number of rotatable bonds is 1. The van der Waals surface area contributed by atoms with Gasteiger partial charge in [0.25, 0.3) is 0 Å². The Bertz CT molecular complexity index is 1270. The molecule has 1 atom stereocenters. The maximum Gasteiger partial charge on any atom is 0.166 e. The number of allylic oxidation sites excluding steroid dienone is 2. The second kappa shape index (κ2) is 7.91. The highest BCUT2D eigenvalue weighted by Gasteiger charge is 2.23. The van der Waals surface area contributed by atoms with Crippen LogP contribution in [0.2, 0.25) is 0 Å². The lowest BCUT2D eigenvalue weighted by atomic mass is 9.99. The standard InChI is InChI=1S/C22H20FN7O/c1-12-16-8-14(23)3-4-15(16)22-28-5-6-30(22)11-17(25)20(18(9-24)27-2)13-7-19(31-12)21(26)29-10-13/h3-8,10,12H,11,25H2,1-2H3,(H2,26,29). The number of imidazole rings is 1. The van der Waals surface area contributed by atoms with Gasteiger partial charge in [0.2, 0.25) is 0 Å². The normalized spacial score (nSPS) is 16.3. The van der Waals surface area contributed by atoms with Gasteiger partial charge in [-0.1, -0.05) is 0 Å². The lowest BCUT2D eigenvalue weighted by Crippen LogP contribution is -2.17. The lowest BCUT2D eigenvalue weighted by molar-refractivity contribution is 0.227. The number of nitrogens with two attached hydrogens (primary N) is 2. The number of aliphatic imine (C=N–C) groups is 1. The van der Waals surface area contributed by atoms with Gasteiger partial charge in [0.15, 0.2) is 11.6 Å². The van der Waals surface area contributed by atoms with Crippen molar-refractivity contribution in [2.45, 2.75) is 19.6 Å². The van der Waals surface area contributed by atoms with E-state index in [4.69, 9.17) is 16.2 Å². The van der Waals surface area contributed by atoms with Gasteiger partial charge < -0.3 is 20.8 Å². The third-order valence-corrected chi connectivity index (χ3v) is 5.11. The average molecular weight is 417 g/mol. The summed E-state index contributed by atoms with van der Waals surface area (Å²) in [5.74, 6) is 0.661. The van der Waals surface area contributed by atoms with E-state index in [1.807, 2.05) is 4.57 Å². The molecule has 0 radical (unpaired) electrons. The Morgan fingerprint density at radius 1 is 1.32 bits per heavy atom. The molecule has 0 saturated heterocycles. The van der Waals surface area contributed by atoms with E-state index < -0.39 is 11.9 Å². The summed E-state index contributed by atoms with van der Waals surface area (Å²) in [6.07, 6.45) is 4.37.